The predicted molar refractivity (Wildman–Crippen MR) is 76.1 cm³/mol. The van der Waals surface area contributed by atoms with Crippen LogP contribution in [-0.2, 0) is 0 Å². The summed E-state index contributed by atoms with van der Waals surface area (Å²) in [4.78, 5) is 11.6. The first-order valence-corrected chi connectivity index (χ1v) is 6.64. The van der Waals surface area contributed by atoms with Crippen molar-refractivity contribution >= 4 is 11.5 Å². The highest BCUT2D eigenvalue weighted by Gasteiger charge is 2.12. The van der Waals surface area contributed by atoms with Gasteiger partial charge in [0, 0.05) is 17.8 Å². The van der Waals surface area contributed by atoms with E-state index in [-0.39, 0.29) is 5.78 Å². The average molecular weight is 254 g/mol. The predicted octanol–water partition coefficient (Wildman–Crippen LogP) is 3.53. The van der Waals surface area contributed by atoms with E-state index in [1.807, 2.05) is 0 Å². The van der Waals surface area contributed by atoms with E-state index in [4.69, 9.17) is 5.26 Å². The Kier molecular flexibility index (Phi) is 4.35. The number of nitriles is 1. The van der Waals surface area contributed by atoms with Crippen LogP contribution in [-0.4, -0.2) is 12.3 Å². The van der Waals surface area contributed by atoms with Gasteiger partial charge in [0.1, 0.15) is 0 Å². The summed E-state index contributed by atoms with van der Waals surface area (Å²) in [6, 6.07) is 7.28. The third-order valence-corrected chi connectivity index (χ3v) is 3.49. The van der Waals surface area contributed by atoms with E-state index in [2.05, 4.69) is 23.5 Å². The maximum absolute atomic E-state index is 11.6. The van der Waals surface area contributed by atoms with Gasteiger partial charge in [-0.15, -0.1) is 0 Å². The van der Waals surface area contributed by atoms with Crippen molar-refractivity contribution in [2.75, 3.05) is 11.9 Å². The van der Waals surface area contributed by atoms with Crippen molar-refractivity contribution in [3.8, 4) is 6.07 Å². The summed E-state index contributed by atoms with van der Waals surface area (Å²) in [5.74, 6) is 0.631. The van der Waals surface area contributed by atoms with Gasteiger partial charge in [0.2, 0.25) is 0 Å². The molecule has 0 aliphatic heterocycles. The Bertz CT molecular complexity index is 540. The van der Waals surface area contributed by atoms with Crippen molar-refractivity contribution in [3.63, 3.8) is 0 Å². The number of Topliss-reactive ketones (excluding diaryl/α,β-unsaturated/α-hetero) is 1. The van der Waals surface area contributed by atoms with Gasteiger partial charge in [-0.3, -0.25) is 4.79 Å². The molecule has 1 unspecified atom stereocenters. The zero-order chi connectivity index (χ0) is 13.7. The number of nitrogens with zero attached hydrogens (tertiary/aromatic N) is 1. The van der Waals surface area contributed by atoms with Gasteiger partial charge in [-0.1, -0.05) is 12.2 Å². The van der Waals surface area contributed by atoms with Crippen LogP contribution in [0.5, 0.6) is 0 Å². The highest BCUT2D eigenvalue weighted by atomic mass is 16.1. The molecule has 2 rings (SSSR count). The normalized spacial score (nSPS) is 17.8. The molecule has 1 aromatic carbocycles. The fraction of sp³-hybridized carbons (Fsp3) is 0.375. The molecule has 0 radical (unpaired) electrons. The largest absolute Gasteiger partial charge is 0.384 e. The first kappa shape index (κ1) is 13.4. The van der Waals surface area contributed by atoms with Crippen molar-refractivity contribution in [1.82, 2.24) is 0 Å². The van der Waals surface area contributed by atoms with E-state index in [0.717, 1.165) is 25.1 Å². The van der Waals surface area contributed by atoms with Gasteiger partial charge in [0.15, 0.2) is 5.78 Å². The Morgan fingerprint density at radius 3 is 2.95 bits per heavy atom. The number of hydrogen-bond acceptors (Lipinski definition) is 3. The average Bonchev–Trinajstić information content (AvgIpc) is 2.45. The molecule has 0 amide bonds. The van der Waals surface area contributed by atoms with Gasteiger partial charge in [-0.25, -0.2) is 0 Å². The smallest absolute Gasteiger partial charge is 0.161 e. The van der Waals surface area contributed by atoms with Gasteiger partial charge in [0.25, 0.3) is 0 Å². The van der Waals surface area contributed by atoms with Crippen LogP contribution < -0.4 is 5.32 Å². The SMILES string of the molecule is CC(=O)c1ccc(C#N)cc1NCC1CC=CCC1. The highest BCUT2D eigenvalue weighted by Crippen LogP contribution is 2.22. The topological polar surface area (TPSA) is 52.9 Å². The van der Waals surface area contributed by atoms with Gasteiger partial charge >= 0.3 is 0 Å². The van der Waals surface area contributed by atoms with Gasteiger partial charge in [-0.2, -0.15) is 5.26 Å². The van der Waals surface area contributed by atoms with Crippen LogP contribution in [0.25, 0.3) is 0 Å². The minimum absolute atomic E-state index is 0.0236. The van der Waals surface area contributed by atoms with E-state index in [9.17, 15) is 4.79 Å². The second-order valence-electron chi connectivity index (χ2n) is 4.96. The zero-order valence-electron chi connectivity index (χ0n) is 11.1. The molecule has 0 heterocycles. The van der Waals surface area contributed by atoms with E-state index < -0.39 is 0 Å². The molecular weight excluding hydrogens is 236 g/mol. The molecule has 0 saturated heterocycles. The molecule has 0 bridgehead atoms. The number of rotatable bonds is 4. The van der Waals surface area contributed by atoms with Crippen LogP contribution in [0.4, 0.5) is 5.69 Å². The van der Waals surface area contributed by atoms with Crippen LogP contribution in [0.3, 0.4) is 0 Å². The molecular formula is C16H18N2O. The summed E-state index contributed by atoms with van der Waals surface area (Å²) in [7, 11) is 0. The van der Waals surface area contributed by atoms with Gasteiger partial charge in [-0.05, 0) is 50.3 Å². The van der Waals surface area contributed by atoms with Crippen molar-refractivity contribution in [2.45, 2.75) is 26.2 Å². The van der Waals surface area contributed by atoms with E-state index in [1.54, 1.807) is 25.1 Å². The molecule has 0 saturated carbocycles. The quantitative estimate of drug-likeness (QED) is 0.660. The Hall–Kier alpha value is -2.08. The third kappa shape index (κ3) is 3.45. The molecule has 1 aliphatic rings. The first-order valence-electron chi connectivity index (χ1n) is 6.64. The third-order valence-electron chi connectivity index (χ3n) is 3.49. The minimum Gasteiger partial charge on any atom is -0.384 e. The molecule has 0 fully saturated rings. The molecule has 1 aliphatic carbocycles. The maximum Gasteiger partial charge on any atom is 0.161 e. The van der Waals surface area contributed by atoms with E-state index >= 15 is 0 Å². The summed E-state index contributed by atoms with van der Waals surface area (Å²) in [6.07, 6.45) is 7.82. The number of carbonyl (C=O) groups is 1. The van der Waals surface area contributed by atoms with Crippen LogP contribution in [0.15, 0.2) is 30.4 Å². The minimum atomic E-state index is 0.0236. The summed E-state index contributed by atoms with van der Waals surface area (Å²) in [5, 5.41) is 12.3. The molecule has 0 spiro atoms. The van der Waals surface area contributed by atoms with Crippen molar-refractivity contribution in [2.24, 2.45) is 5.92 Å². The summed E-state index contributed by atoms with van der Waals surface area (Å²) in [6.45, 7) is 2.40. The molecule has 19 heavy (non-hydrogen) atoms. The Balaban J connectivity index is 2.11. The number of nitrogens with one attached hydrogen (secondary N) is 1. The van der Waals surface area contributed by atoms with Crippen molar-refractivity contribution < 1.29 is 4.79 Å². The second-order valence-corrected chi connectivity index (χ2v) is 4.96. The lowest BCUT2D eigenvalue weighted by Crippen LogP contribution is -2.16. The zero-order valence-corrected chi connectivity index (χ0v) is 11.1. The number of allylic oxidation sites excluding steroid dienone is 2. The number of anilines is 1. The van der Waals surface area contributed by atoms with Gasteiger partial charge in [0.05, 0.1) is 11.6 Å². The van der Waals surface area contributed by atoms with Crippen LogP contribution in [0.1, 0.15) is 42.1 Å². The monoisotopic (exact) mass is 254 g/mol. The van der Waals surface area contributed by atoms with Crippen LogP contribution >= 0.6 is 0 Å². The molecule has 1 N–H and O–H groups in total. The number of ketones is 1. The lowest BCUT2D eigenvalue weighted by Gasteiger charge is -2.20. The fourth-order valence-electron chi connectivity index (χ4n) is 2.36. The van der Waals surface area contributed by atoms with Crippen LogP contribution in [0.2, 0.25) is 0 Å². The van der Waals surface area contributed by atoms with Crippen LogP contribution in [0, 0.1) is 17.2 Å². The number of carbonyl (C=O) groups excluding carboxylic acids is 1. The van der Waals surface area contributed by atoms with Gasteiger partial charge < -0.3 is 5.32 Å². The second kappa shape index (κ2) is 6.19. The lowest BCUT2D eigenvalue weighted by atomic mass is 9.94. The fourth-order valence-corrected chi connectivity index (χ4v) is 2.36. The summed E-state index contributed by atoms with van der Waals surface area (Å²) < 4.78 is 0. The molecule has 3 heteroatoms. The molecule has 1 aromatic rings. The summed E-state index contributed by atoms with van der Waals surface area (Å²) >= 11 is 0. The summed E-state index contributed by atoms with van der Waals surface area (Å²) in [5.41, 5.74) is 2.02. The number of hydrogen-bond donors (Lipinski definition) is 1. The Morgan fingerprint density at radius 1 is 1.47 bits per heavy atom. The molecule has 98 valence electrons. The lowest BCUT2D eigenvalue weighted by molar-refractivity contribution is 0.101. The standard InChI is InChI=1S/C16H18N2O/c1-12(19)15-8-7-14(10-17)9-16(15)18-11-13-5-3-2-4-6-13/h2-3,7-9,13,18H,4-6,11H2,1H3. The Labute approximate surface area is 113 Å². The Morgan fingerprint density at radius 2 is 2.32 bits per heavy atom. The number of benzene rings is 1. The highest BCUT2D eigenvalue weighted by molar-refractivity contribution is 5.99. The molecule has 1 atom stereocenters. The maximum atomic E-state index is 11.6. The van der Waals surface area contributed by atoms with E-state index in [1.165, 1.54) is 6.42 Å². The molecule has 0 aromatic heterocycles. The first-order chi connectivity index (χ1) is 9.20. The molecule has 3 nitrogen and oxygen atoms in total. The van der Waals surface area contributed by atoms with Crippen molar-refractivity contribution in [1.29, 1.82) is 5.26 Å². The van der Waals surface area contributed by atoms with E-state index in [0.29, 0.717) is 17.0 Å². The van der Waals surface area contributed by atoms with Crippen molar-refractivity contribution in [3.05, 3.63) is 41.5 Å².